The standard InChI is InChI=1S/C18H18N2O4S/c1-22-12-5-6-13-14(9-12)20-18(19-13)25-10-15(21)11-4-7-16(23-2)17(8-11)24-3/h4-9H,10H2,1-3H3,(H,19,20). The number of ketones is 1. The molecular weight excluding hydrogens is 340 g/mol. The third kappa shape index (κ3) is 3.71. The van der Waals surface area contributed by atoms with Crippen LogP contribution >= 0.6 is 11.8 Å². The van der Waals surface area contributed by atoms with Gasteiger partial charge in [-0.25, -0.2) is 4.98 Å². The summed E-state index contributed by atoms with van der Waals surface area (Å²) in [5.74, 6) is 2.15. The number of carbonyl (C=O) groups excluding carboxylic acids is 1. The van der Waals surface area contributed by atoms with E-state index in [1.807, 2.05) is 18.2 Å². The summed E-state index contributed by atoms with van der Waals surface area (Å²) < 4.78 is 15.6. The van der Waals surface area contributed by atoms with Gasteiger partial charge in [0.2, 0.25) is 0 Å². The van der Waals surface area contributed by atoms with Crippen molar-refractivity contribution in [3.05, 3.63) is 42.0 Å². The third-order valence-electron chi connectivity index (χ3n) is 3.71. The lowest BCUT2D eigenvalue weighted by atomic mass is 10.1. The molecule has 1 heterocycles. The van der Waals surface area contributed by atoms with Crippen LogP contribution in [-0.2, 0) is 0 Å². The molecule has 3 aromatic rings. The van der Waals surface area contributed by atoms with E-state index in [1.165, 1.54) is 11.8 Å². The van der Waals surface area contributed by atoms with Gasteiger partial charge in [-0.05, 0) is 30.3 Å². The minimum absolute atomic E-state index is 0.0102. The Morgan fingerprint density at radius 2 is 1.84 bits per heavy atom. The summed E-state index contributed by atoms with van der Waals surface area (Å²) in [5.41, 5.74) is 2.28. The molecule has 0 aliphatic carbocycles. The lowest BCUT2D eigenvalue weighted by molar-refractivity contribution is 0.102. The summed E-state index contributed by atoms with van der Waals surface area (Å²) in [6.07, 6.45) is 0. The quantitative estimate of drug-likeness (QED) is 0.514. The smallest absolute Gasteiger partial charge is 0.173 e. The first-order chi connectivity index (χ1) is 12.1. The van der Waals surface area contributed by atoms with Crippen LogP contribution in [0, 0.1) is 0 Å². The second kappa shape index (κ2) is 7.48. The van der Waals surface area contributed by atoms with E-state index in [1.54, 1.807) is 39.5 Å². The Morgan fingerprint density at radius 1 is 1.04 bits per heavy atom. The highest BCUT2D eigenvalue weighted by Gasteiger charge is 2.13. The minimum Gasteiger partial charge on any atom is -0.497 e. The van der Waals surface area contributed by atoms with Crippen molar-refractivity contribution in [2.45, 2.75) is 5.16 Å². The van der Waals surface area contributed by atoms with Crippen LogP contribution in [0.25, 0.3) is 11.0 Å². The fraction of sp³-hybridized carbons (Fsp3) is 0.222. The molecule has 0 atom stereocenters. The largest absolute Gasteiger partial charge is 0.497 e. The summed E-state index contributed by atoms with van der Waals surface area (Å²) in [5, 5.41) is 0.692. The van der Waals surface area contributed by atoms with Gasteiger partial charge < -0.3 is 19.2 Å². The Bertz CT molecular complexity index is 907. The SMILES string of the molecule is COc1ccc2nc(SCC(=O)c3ccc(OC)c(OC)c3)[nH]c2c1. The van der Waals surface area contributed by atoms with Crippen molar-refractivity contribution in [2.75, 3.05) is 27.1 Å². The Balaban J connectivity index is 1.71. The normalized spacial score (nSPS) is 10.7. The van der Waals surface area contributed by atoms with Crippen LogP contribution in [0.2, 0.25) is 0 Å². The highest BCUT2D eigenvalue weighted by molar-refractivity contribution is 7.99. The number of carbonyl (C=O) groups is 1. The number of imidazole rings is 1. The number of aromatic nitrogens is 2. The van der Waals surface area contributed by atoms with E-state index in [9.17, 15) is 4.79 Å². The van der Waals surface area contributed by atoms with Crippen molar-refractivity contribution in [3.8, 4) is 17.2 Å². The van der Waals surface area contributed by atoms with E-state index in [0.29, 0.717) is 22.2 Å². The topological polar surface area (TPSA) is 73.4 Å². The molecule has 1 N–H and O–H groups in total. The number of fused-ring (bicyclic) bond motifs is 1. The van der Waals surface area contributed by atoms with Crippen LogP contribution in [0.15, 0.2) is 41.6 Å². The number of H-pyrrole nitrogens is 1. The van der Waals surface area contributed by atoms with Gasteiger partial charge in [0, 0.05) is 11.6 Å². The van der Waals surface area contributed by atoms with Gasteiger partial charge in [0.25, 0.3) is 0 Å². The molecule has 0 radical (unpaired) electrons. The van der Waals surface area contributed by atoms with E-state index in [0.717, 1.165) is 16.8 Å². The molecule has 130 valence electrons. The van der Waals surface area contributed by atoms with E-state index < -0.39 is 0 Å². The molecule has 0 bridgehead atoms. The second-order valence-electron chi connectivity index (χ2n) is 5.21. The Hall–Kier alpha value is -2.67. The summed E-state index contributed by atoms with van der Waals surface area (Å²) in [4.78, 5) is 20.1. The maximum Gasteiger partial charge on any atom is 0.173 e. The third-order valence-corrected chi connectivity index (χ3v) is 4.59. The van der Waals surface area contributed by atoms with Gasteiger partial charge in [-0.3, -0.25) is 4.79 Å². The number of rotatable bonds is 7. The molecule has 0 aliphatic heterocycles. The summed E-state index contributed by atoms with van der Waals surface area (Å²) in [7, 11) is 4.73. The molecule has 0 saturated heterocycles. The first-order valence-corrected chi connectivity index (χ1v) is 8.55. The summed E-state index contributed by atoms with van der Waals surface area (Å²) in [6.45, 7) is 0. The van der Waals surface area contributed by atoms with Crippen molar-refractivity contribution in [2.24, 2.45) is 0 Å². The molecule has 0 spiro atoms. The van der Waals surface area contributed by atoms with Gasteiger partial charge >= 0.3 is 0 Å². The van der Waals surface area contributed by atoms with Crippen molar-refractivity contribution >= 4 is 28.6 Å². The highest BCUT2D eigenvalue weighted by Crippen LogP contribution is 2.29. The second-order valence-corrected chi connectivity index (χ2v) is 6.17. The molecule has 0 amide bonds. The Morgan fingerprint density at radius 3 is 2.56 bits per heavy atom. The molecular formula is C18H18N2O4S. The monoisotopic (exact) mass is 358 g/mol. The maximum absolute atomic E-state index is 12.4. The Kier molecular flexibility index (Phi) is 5.14. The number of Topliss-reactive ketones (excluding diaryl/α,β-unsaturated/α-hetero) is 1. The van der Waals surface area contributed by atoms with Crippen LogP contribution in [0.4, 0.5) is 0 Å². The van der Waals surface area contributed by atoms with Crippen molar-refractivity contribution in [1.29, 1.82) is 0 Å². The zero-order valence-corrected chi connectivity index (χ0v) is 15.0. The van der Waals surface area contributed by atoms with Gasteiger partial charge in [0.05, 0.1) is 38.1 Å². The van der Waals surface area contributed by atoms with Crippen LogP contribution < -0.4 is 14.2 Å². The number of methoxy groups -OCH3 is 3. The van der Waals surface area contributed by atoms with Crippen LogP contribution in [0.5, 0.6) is 17.2 Å². The van der Waals surface area contributed by atoms with Gasteiger partial charge in [0.15, 0.2) is 22.4 Å². The number of benzene rings is 2. The van der Waals surface area contributed by atoms with Gasteiger partial charge in [0.1, 0.15) is 5.75 Å². The number of nitrogens with one attached hydrogen (secondary N) is 1. The molecule has 0 unspecified atom stereocenters. The molecule has 2 aromatic carbocycles. The zero-order chi connectivity index (χ0) is 17.8. The van der Waals surface area contributed by atoms with Gasteiger partial charge in [-0.15, -0.1) is 0 Å². The zero-order valence-electron chi connectivity index (χ0n) is 14.2. The summed E-state index contributed by atoms with van der Waals surface area (Å²) in [6, 6.07) is 10.8. The molecule has 3 rings (SSSR count). The van der Waals surface area contributed by atoms with Crippen LogP contribution in [-0.4, -0.2) is 42.8 Å². The predicted molar refractivity (Wildman–Crippen MR) is 97.2 cm³/mol. The maximum atomic E-state index is 12.4. The van der Waals surface area contributed by atoms with Crippen molar-refractivity contribution < 1.29 is 19.0 Å². The highest BCUT2D eigenvalue weighted by atomic mass is 32.2. The molecule has 0 aliphatic rings. The first-order valence-electron chi connectivity index (χ1n) is 7.56. The lowest BCUT2D eigenvalue weighted by Gasteiger charge is -2.08. The van der Waals surface area contributed by atoms with Crippen LogP contribution in [0.3, 0.4) is 0 Å². The van der Waals surface area contributed by atoms with E-state index in [4.69, 9.17) is 14.2 Å². The van der Waals surface area contributed by atoms with Gasteiger partial charge in [-0.2, -0.15) is 0 Å². The average molecular weight is 358 g/mol. The predicted octanol–water partition coefficient (Wildman–Crippen LogP) is 3.56. The first kappa shape index (κ1) is 17.2. The molecule has 25 heavy (non-hydrogen) atoms. The Labute approximate surface area is 149 Å². The van der Waals surface area contributed by atoms with Crippen molar-refractivity contribution in [3.63, 3.8) is 0 Å². The van der Waals surface area contributed by atoms with Crippen molar-refractivity contribution in [1.82, 2.24) is 9.97 Å². The lowest BCUT2D eigenvalue weighted by Crippen LogP contribution is -2.03. The number of thioether (sulfide) groups is 1. The van der Waals surface area contributed by atoms with E-state index in [2.05, 4.69) is 9.97 Å². The van der Waals surface area contributed by atoms with E-state index in [-0.39, 0.29) is 11.5 Å². The molecule has 1 aromatic heterocycles. The summed E-state index contributed by atoms with van der Waals surface area (Å²) >= 11 is 1.36. The molecule has 0 fully saturated rings. The molecule has 0 saturated carbocycles. The molecule has 7 heteroatoms. The fourth-order valence-electron chi connectivity index (χ4n) is 2.39. The fourth-order valence-corrected chi connectivity index (χ4v) is 3.17. The van der Waals surface area contributed by atoms with E-state index >= 15 is 0 Å². The minimum atomic E-state index is -0.0102. The number of hydrogen-bond donors (Lipinski definition) is 1. The average Bonchev–Trinajstić information content (AvgIpc) is 3.07. The van der Waals surface area contributed by atoms with Gasteiger partial charge in [-0.1, -0.05) is 11.8 Å². The number of nitrogens with zero attached hydrogens (tertiary/aromatic N) is 1. The van der Waals surface area contributed by atoms with Crippen LogP contribution in [0.1, 0.15) is 10.4 Å². The number of hydrogen-bond acceptors (Lipinski definition) is 6. The number of ether oxygens (including phenoxy) is 3. The molecule has 6 nitrogen and oxygen atoms in total. The number of aromatic amines is 1.